The van der Waals surface area contributed by atoms with E-state index in [-0.39, 0.29) is 38.4 Å². The minimum absolute atomic E-state index is 0.0411. The number of nitrogens with one attached hydrogen (secondary N) is 1. The average Bonchev–Trinajstić information content (AvgIpc) is 2.69. The Bertz CT molecular complexity index is 762. The van der Waals surface area contributed by atoms with Gasteiger partial charge in [-0.15, -0.1) is 0 Å². The highest BCUT2D eigenvalue weighted by molar-refractivity contribution is 6.30. The van der Waals surface area contributed by atoms with E-state index in [1.54, 1.807) is 48.5 Å². The fourth-order valence-corrected chi connectivity index (χ4v) is 2.27. The van der Waals surface area contributed by atoms with Gasteiger partial charge in [-0.2, -0.15) is 0 Å². The predicted molar refractivity (Wildman–Crippen MR) is 101 cm³/mol. The Balaban J connectivity index is 1.56. The summed E-state index contributed by atoms with van der Waals surface area (Å²) in [4.78, 5) is 35.2. The molecular weight excluding hydrogens is 370 g/mol. The number of benzene rings is 2. The van der Waals surface area contributed by atoms with E-state index in [9.17, 15) is 14.4 Å². The summed E-state index contributed by atoms with van der Waals surface area (Å²) in [5.41, 5.74) is 0.545. The van der Waals surface area contributed by atoms with E-state index in [1.165, 1.54) is 0 Å². The van der Waals surface area contributed by atoms with E-state index in [1.807, 2.05) is 6.07 Å². The van der Waals surface area contributed by atoms with Gasteiger partial charge in [-0.3, -0.25) is 14.4 Å². The first-order valence-electron chi connectivity index (χ1n) is 8.43. The number of esters is 1. The van der Waals surface area contributed by atoms with E-state index in [4.69, 9.17) is 21.1 Å². The Labute approximate surface area is 162 Å². The zero-order chi connectivity index (χ0) is 19.5. The molecule has 2 rings (SSSR count). The number of carbonyl (C=O) groups excluding carboxylic acids is 3. The van der Waals surface area contributed by atoms with Crippen molar-refractivity contribution in [2.45, 2.75) is 12.8 Å². The molecule has 1 amide bonds. The Morgan fingerprint density at radius 2 is 1.63 bits per heavy atom. The molecule has 2 aromatic rings. The first kappa shape index (κ1) is 20.5. The van der Waals surface area contributed by atoms with Crippen LogP contribution in [0.2, 0.25) is 5.02 Å². The van der Waals surface area contributed by atoms with Crippen LogP contribution in [0, 0.1) is 0 Å². The summed E-state index contributed by atoms with van der Waals surface area (Å²) in [6.45, 7) is 0.151. The maximum Gasteiger partial charge on any atom is 0.306 e. The molecule has 7 heteroatoms. The molecule has 0 atom stereocenters. The van der Waals surface area contributed by atoms with Gasteiger partial charge in [-0.05, 0) is 24.3 Å². The van der Waals surface area contributed by atoms with Gasteiger partial charge in [0.2, 0.25) is 0 Å². The van der Waals surface area contributed by atoms with Crippen LogP contribution in [-0.2, 0) is 14.3 Å². The van der Waals surface area contributed by atoms with Crippen LogP contribution in [0.3, 0.4) is 0 Å². The number of carbonyl (C=O) groups is 3. The second kappa shape index (κ2) is 11.0. The number of hydrogen-bond acceptors (Lipinski definition) is 5. The molecule has 27 heavy (non-hydrogen) atoms. The summed E-state index contributed by atoms with van der Waals surface area (Å²) >= 11 is 5.77. The molecule has 0 saturated heterocycles. The molecule has 2 aromatic carbocycles. The number of ether oxygens (including phenoxy) is 2. The Kier molecular flexibility index (Phi) is 8.32. The molecule has 0 saturated carbocycles. The average molecular weight is 390 g/mol. The Morgan fingerprint density at radius 3 is 2.33 bits per heavy atom. The fraction of sp³-hybridized carbons (Fsp3) is 0.250. The minimum atomic E-state index is -0.591. The molecule has 0 aliphatic heterocycles. The van der Waals surface area contributed by atoms with Gasteiger partial charge >= 0.3 is 5.97 Å². The molecule has 0 spiro atoms. The van der Waals surface area contributed by atoms with Crippen molar-refractivity contribution in [1.82, 2.24) is 5.32 Å². The number of hydrogen-bond donors (Lipinski definition) is 1. The van der Waals surface area contributed by atoms with Gasteiger partial charge in [0.05, 0.1) is 13.0 Å². The zero-order valence-electron chi connectivity index (χ0n) is 14.7. The molecule has 0 unspecified atom stereocenters. The summed E-state index contributed by atoms with van der Waals surface area (Å²) < 4.78 is 10.3. The lowest BCUT2D eigenvalue weighted by molar-refractivity contribution is -0.148. The zero-order valence-corrected chi connectivity index (χ0v) is 15.4. The second-order valence-electron chi connectivity index (χ2n) is 5.60. The molecule has 0 radical (unpaired) electrons. The number of rotatable bonds is 10. The normalized spacial score (nSPS) is 10.1. The first-order valence-corrected chi connectivity index (χ1v) is 8.81. The van der Waals surface area contributed by atoms with E-state index in [2.05, 4.69) is 5.32 Å². The van der Waals surface area contributed by atoms with Crippen LogP contribution < -0.4 is 10.1 Å². The lowest BCUT2D eigenvalue weighted by Crippen LogP contribution is -2.32. The molecule has 0 aromatic heterocycles. The van der Waals surface area contributed by atoms with Crippen LogP contribution in [0.4, 0.5) is 0 Å². The van der Waals surface area contributed by atoms with Crippen molar-refractivity contribution in [2.24, 2.45) is 0 Å². The highest BCUT2D eigenvalue weighted by Crippen LogP contribution is 2.15. The van der Waals surface area contributed by atoms with Crippen molar-refractivity contribution in [3.8, 4) is 5.75 Å². The summed E-state index contributed by atoms with van der Waals surface area (Å²) in [5.74, 6) is -0.524. The predicted octanol–water partition coefficient (Wildman–Crippen LogP) is 3.04. The third-order valence-electron chi connectivity index (χ3n) is 3.52. The quantitative estimate of drug-likeness (QED) is 0.383. The smallest absolute Gasteiger partial charge is 0.306 e. The summed E-state index contributed by atoms with van der Waals surface area (Å²) in [6.07, 6.45) is -0.0277. The van der Waals surface area contributed by atoms with Crippen molar-refractivity contribution in [2.75, 3.05) is 19.8 Å². The summed E-state index contributed by atoms with van der Waals surface area (Å²) in [6, 6.07) is 15.6. The standard InChI is InChI=1S/C20H20ClNO5/c21-16-6-8-17(9-7-16)26-13-12-22-19(24)14-27-20(25)11-10-18(23)15-4-2-1-3-5-15/h1-9H,10-14H2,(H,22,24). The van der Waals surface area contributed by atoms with Crippen LogP contribution >= 0.6 is 11.6 Å². The van der Waals surface area contributed by atoms with Gasteiger partial charge in [0, 0.05) is 17.0 Å². The van der Waals surface area contributed by atoms with Crippen molar-refractivity contribution < 1.29 is 23.9 Å². The molecule has 0 bridgehead atoms. The van der Waals surface area contributed by atoms with Crippen molar-refractivity contribution in [1.29, 1.82) is 0 Å². The fourth-order valence-electron chi connectivity index (χ4n) is 2.14. The number of ketones is 1. The van der Waals surface area contributed by atoms with Crippen molar-refractivity contribution >= 4 is 29.3 Å². The Hall–Kier alpha value is -2.86. The van der Waals surface area contributed by atoms with Crippen LogP contribution in [0.25, 0.3) is 0 Å². The molecular formula is C20H20ClNO5. The third-order valence-corrected chi connectivity index (χ3v) is 3.77. The summed E-state index contributed by atoms with van der Waals surface area (Å²) in [7, 11) is 0. The minimum Gasteiger partial charge on any atom is -0.492 e. The maximum absolute atomic E-state index is 11.9. The van der Waals surface area contributed by atoms with Crippen molar-refractivity contribution in [3.63, 3.8) is 0 Å². The van der Waals surface area contributed by atoms with Crippen LogP contribution in [0.1, 0.15) is 23.2 Å². The van der Waals surface area contributed by atoms with Crippen LogP contribution in [0.5, 0.6) is 5.75 Å². The molecule has 1 N–H and O–H groups in total. The lowest BCUT2D eigenvalue weighted by Gasteiger charge is -2.08. The van der Waals surface area contributed by atoms with Crippen LogP contribution in [0.15, 0.2) is 54.6 Å². The first-order chi connectivity index (χ1) is 13.0. The maximum atomic E-state index is 11.9. The van der Waals surface area contributed by atoms with Gasteiger partial charge in [0.15, 0.2) is 12.4 Å². The van der Waals surface area contributed by atoms with Gasteiger partial charge in [0.1, 0.15) is 12.4 Å². The van der Waals surface area contributed by atoms with Gasteiger partial charge in [-0.25, -0.2) is 0 Å². The van der Waals surface area contributed by atoms with E-state index < -0.39 is 11.9 Å². The summed E-state index contributed by atoms with van der Waals surface area (Å²) in [5, 5.41) is 3.19. The molecule has 6 nitrogen and oxygen atoms in total. The lowest BCUT2D eigenvalue weighted by atomic mass is 10.1. The molecule has 0 aliphatic carbocycles. The van der Waals surface area contributed by atoms with E-state index >= 15 is 0 Å². The SMILES string of the molecule is O=C(COC(=O)CCC(=O)c1ccccc1)NCCOc1ccc(Cl)cc1. The largest absolute Gasteiger partial charge is 0.492 e. The molecule has 0 aliphatic rings. The molecule has 0 fully saturated rings. The van der Waals surface area contributed by atoms with Gasteiger partial charge in [-0.1, -0.05) is 41.9 Å². The monoisotopic (exact) mass is 389 g/mol. The molecule has 142 valence electrons. The number of Topliss-reactive ketones (excluding diaryl/α,β-unsaturated/α-hetero) is 1. The molecule has 0 heterocycles. The highest BCUT2D eigenvalue weighted by Gasteiger charge is 2.11. The van der Waals surface area contributed by atoms with Crippen LogP contribution in [-0.4, -0.2) is 37.4 Å². The van der Waals surface area contributed by atoms with E-state index in [0.717, 1.165) is 0 Å². The highest BCUT2D eigenvalue weighted by atomic mass is 35.5. The topological polar surface area (TPSA) is 81.7 Å². The van der Waals surface area contributed by atoms with Crippen molar-refractivity contribution in [3.05, 3.63) is 65.2 Å². The van der Waals surface area contributed by atoms with E-state index in [0.29, 0.717) is 16.3 Å². The third kappa shape index (κ3) is 7.92. The van der Waals surface area contributed by atoms with Gasteiger partial charge < -0.3 is 14.8 Å². The Morgan fingerprint density at radius 1 is 0.926 bits per heavy atom. The number of halogens is 1. The number of amides is 1. The van der Waals surface area contributed by atoms with Gasteiger partial charge in [0.25, 0.3) is 5.91 Å². The second-order valence-corrected chi connectivity index (χ2v) is 6.04.